The highest BCUT2D eigenvalue weighted by Crippen LogP contribution is 2.29. The molecule has 1 fully saturated rings. The molecule has 0 spiro atoms. The van der Waals surface area contributed by atoms with Crippen LogP contribution in [0.3, 0.4) is 0 Å². The SMILES string of the molecule is CCOC(=O)C(Oc1ccc2c(c1)CN(C(=N)N)CC2)c1ccc(OC2CCN(C(=O)N(C)C)CC2)cc1. The van der Waals surface area contributed by atoms with Gasteiger partial charge < -0.3 is 34.6 Å². The first-order chi connectivity index (χ1) is 18.2. The molecule has 0 aliphatic carbocycles. The molecule has 0 aromatic heterocycles. The second-order valence-corrected chi connectivity index (χ2v) is 9.79. The molecular formula is C28H37N5O5. The van der Waals surface area contributed by atoms with Crippen molar-refractivity contribution in [3.05, 3.63) is 59.2 Å². The summed E-state index contributed by atoms with van der Waals surface area (Å²) in [7, 11) is 3.51. The largest absolute Gasteiger partial charge is 0.490 e. The van der Waals surface area contributed by atoms with Crippen LogP contribution in [0, 0.1) is 5.41 Å². The third-order valence-electron chi connectivity index (χ3n) is 6.87. The number of fused-ring (bicyclic) bond motifs is 1. The van der Waals surface area contributed by atoms with Crippen LogP contribution in [0.4, 0.5) is 4.79 Å². The Kier molecular flexibility index (Phi) is 8.60. The number of likely N-dealkylation sites (tertiary alicyclic amines) is 1. The predicted octanol–water partition coefficient (Wildman–Crippen LogP) is 3.15. The van der Waals surface area contributed by atoms with Crippen LogP contribution in [0.25, 0.3) is 0 Å². The van der Waals surface area contributed by atoms with Gasteiger partial charge in [-0.1, -0.05) is 18.2 Å². The lowest BCUT2D eigenvalue weighted by molar-refractivity contribution is -0.151. The first kappa shape index (κ1) is 27.1. The summed E-state index contributed by atoms with van der Waals surface area (Å²) in [6.07, 6.45) is 1.40. The first-order valence-electron chi connectivity index (χ1n) is 13.0. The third-order valence-corrected chi connectivity index (χ3v) is 6.87. The number of hydrogen-bond acceptors (Lipinski definition) is 6. The minimum Gasteiger partial charge on any atom is -0.490 e. The molecule has 0 bridgehead atoms. The zero-order valence-corrected chi connectivity index (χ0v) is 22.3. The van der Waals surface area contributed by atoms with E-state index in [1.807, 2.05) is 47.4 Å². The van der Waals surface area contributed by atoms with Gasteiger partial charge in [-0.3, -0.25) is 5.41 Å². The maximum atomic E-state index is 12.8. The van der Waals surface area contributed by atoms with Gasteiger partial charge in [-0.15, -0.1) is 0 Å². The monoisotopic (exact) mass is 523 g/mol. The van der Waals surface area contributed by atoms with Gasteiger partial charge in [-0.2, -0.15) is 0 Å². The van der Waals surface area contributed by atoms with Crippen LogP contribution >= 0.6 is 0 Å². The van der Waals surface area contributed by atoms with E-state index in [1.54, 1.807) is 30.8 Å². The highest BCUT2D eigenvalue weighted by molar-refractivity contribution is 5.77. The summed E-state index contributed by atoms with van der Waals surface area (Å²) < 4.78 is 17.6. The number of ether oxygens (including phenoxy) is 3. The second kappa shape index (κ2) is 12.1. The number of hydrogen-bond donors (Lipinski definition) is 2. The molecule has 3 N–H and O–H groups in total. The summed E-state index contributed by atoms with van der Waals surface area (Å²) in [5.74, 6) is 0.821. The van der Waals surface area contributed by atoms with Gasteiger partial charge in [-0.05, 0) is 48.7 Å². The van der Waals surface area contributed by atoms with Crippen molar-refractivity contribution in [3.8, 4) is 11.5 Å². The van der Waals surface area contributed by atoms with E-state index in [-0.39, 0.29) is 24.7 Å². The van der Waals surface area contributed by atoms with Gasteiger partial charge in [0, 0.05) is 58.7 Å². The van der Waals surface area contributed by atoms with Crippen LogP contribution in [-0.2, 0) is 22.5 Å². The van der Waals surface area contributed by atoms with Crippen LogP contribution in [0.2, 0.25) is 0 Å². The first-order valence-corrected chi connectivity index (χ1v) is 13.0. The molecule has 1 unspecified atom stereocenters. The number of carbonyl (C=O) groups is 2. The van der Waals surface area contributed by atoms with Crippen LogP contribution in [0.15, 0.2) is 42.5 Å². The number of nitrogens with zero attached hydrogens (tertiary/aromatic N) is 3. The maximum Gasteiger partial charge on any atom is 0.352 e. The fraction of sp³-hybridized carbons (Fsp3) is 0.464. The zero-order valence-electron chi connectivity index (χ0n) is 22.3. The number of esters is 1. The Balaban J connectivity index is 1.43. The molecule has 204 valence electrons. The topological polar surface area (TPSA) is 121 Å². The molecule has 0 radical (unpaired) electrons. The minimum absolute atomic E-state index is 0.0212. The maximum absolute atomic E-state index is 12.8. The normalized spacial score (nSPS) is 16.3. The number of amides is 2. The fourth-order valence-electron chi connectivity index (χ4n) is 4.78. The zero-order chi connectivity index (χ0) is 27.2. The molecule has 2 aliphatic heterocycles. The second-order valence-electron chi connectivity index (χ2n) is 9.79. The van der Waals surface area contributed by atoms with Crippen molar-refractivity contribution < 1.29 is 23.8 Å². The number of benzene rings is 2. The van der Waals surface area contributed by atoms with E-state index >= 15 is 0 Å². The van der Waals surface area contributed by atoms with Crippen molar-refractivity contribution in [1.29, 1.82) is 5.41 Å². The van der Waals surface area contributed by atoms with Gasteiger partial charge in [-0.25, -0.2) is 9.59 Å². The van der Waals surface area contributed by atoms with Crippen molar-refractivity contribution in [2.75, 3.05) is 40.3 Å². The predicted molar refractivity (Wildman–Crippen MR) is 143 cm³/mol. The molecule has 2 heterocycles. The van der Waals surface area contributed by atoms with Gasteiger partial charge in [0.2, 0.25) is 6.10 Å². The molecule has 0 saturated carbocycles. The van der Waals surface area contributed by atoms with Crippen LogP contribution < -0.4 is 15.2 Å². The van der Waals surface area contributed by atoms with Crippen molar-refractivity contribution >= 4 is 18.0 Å². The number of urea groups is 1. The lowest BCUT2D eigenvalue weighted by Crippen LogP contribution is -2.46. The third kappa shape index (κ3) is 6.48. The van der Waals surface area contributed by atoms with Crippen LogP contribution in [0.5, 0.6) is 11.5 Å². The summed E-state index contributed by atoms with van der Waals surface area (Å²) >= 11 is 0. The Labute approximate surface area is 223 Å². The Morgan fingerprint density at radius 1 is 1.03 bits per heavy atom. The molecule has 10 nitrogen and oxygen atoms in total. The molecule has 4 rings (SSSR count). The lowest BCUT2D eigenvalue weighted by Gasteiger charge is -2.33. The highest BCUT2D eigenvalue weighted by atomic mass is 16.6. The Morgan fingerprint density at radius 2 is 1.71 bits per heavy atom. The molecule has 2 amide bonds. The summed E-state index contributed by atoms with van der Waals surface area (Å²) in [6.45, 7) is 4.55. The molecule has 1 saturated heterocycles. The average Bonchev–Trinajstić information content (AvgIpc) is 2.92. The molecule has 2 aromatic rings. The standard InChI is InChI=1S/C28H37N5O5/c1-4-36-26(34)25(38-24-10-5-19-11-14-33(27(29)30)18-21(19)17-24)20-6-8-22(9-7-20)37-23-12-15-32(16-13-23)28(35)31(2)3/h5-10,17,23,25H,4,11-16,18H2,1-3H3,(H3,29,30). The Bertz CT molecular complexity index is 1140. The molecule has 10 heteroatoms. The number of carbonyl (C=O) groups excluding carboxylic acids is 2. The lowest BCUT2D eigenvalue weighted by atomic mass is 9.99. The summed E-state index contributed by atoms with van der Waals surface area (Å²) in [5.41, 5.74) is 8.54. The summed E-state index contributed by atoms with van der Waals surface area (Å²) in [5, 5.41) is 7.74. The van der Waals surface area contributed by atoms with E-state index in [4.69, 9.17) is 25.4 Å². The van der Waals surface area contributed by atoms with E-state index in [9.17, 15) is 9.59 Å². The number of nitrogens with two attached hydrogens (primary N) is 1. The average molecular weight is 524 g/mol. The number of piperidine rings is 1. The Hall–Kier alpha value is -3.95. The van der Waals surface area contributed by atoms with E-state index in [0.29, 0.717) is 43.2 Å². The van der Waals surface area contributed by atoms with Crippen LogP contribution in [0.1, 0.15) is 42.6 Å². The van der Waals surface area contributed by atoms with Gasteiger partial charge in [0.15, 0.2) is 5.96 Å². The van der Waals surface area contributed by atoms with E-state index < -0.39 is 12.1 Å². The number of rotatable bonds is 7. The molecule has 1 atom stereocenters. The van der Waals surface area contributed by atoms with Gasteiger partial charge in [0.25, 0.3) is 0 Å². The van der Waals surface area contributed by atoms with E-state index in [2.05, 4.69) is 0 Å². The number of guanidine groups is 1. The highest BCUT2D eigenvalue weighted by Gasteiger charge is 2.27. The van der Waals surface area contributed by atoms with Crippen molar-refractivity contribution in [1.82, 2.24) is 14.7 Å². The smallest absolute Gasteiger partial charge is 0.352 e. The van der Waals surface area contributed by atoms with Crippen molar-refractivity contribution in [2.24, 2.45) is 5.73 Å². The van der Waals surface area contributed by atoms with E-state index in [1.165, 1.54) is 5.56 Å². The molecule has 2 aromatic carbocycles. The van der Waals surface area contributed by atoms with Gasteiger partial charge in [0.1, 0.15) is 17.6 Å². The molecule has 2 aliphatic rings. The number of nitrogens with one attached hydrogen (secondary N) is 1. The minimum atomic E-state index is -0.935. The van der Waals surface area contributed by atoms with Crippen molar-refractivity contribution in [2.45, 2.75) is 44.9 Å². The summed E-state index contributed by atoms with van der Waals surface area (Å²) in [4.78, 5) is 30.2. The Morgan fingerprint density at radius 3 is 2.34 bits per heavy atom. The quantitative estimate of drug-likeness (QED) is 0.325. The van der Waals surface area contributed by atoms with E-state index in [0.717, 1.165) is 24.8 Å². The van der Waals surface area contributed by atoms with Gasteiger partial charge >= 0.3 is 12.0 Å². The van der Waals surface area contributed by atoms with Gasteiger partial charge in [0.05, 0.1) is 6.61 Å². The van der Waals surface area contributed by atoms with Crippen LogP contribution in [-0.4, -0.2) is 79.1 Å². The van der Waals surface area contributed by atoms with Crippen molar-refractivity contribution in [3.63, 3.8) is 0 Å². The molecular weight excluding hydrogens is 486 g/mol. The fourth-order valence-corrected chi connectivity index (χ4v) is 4.78. The molecule has 38 heavy (non-hydrogen) atoms. The summed E-state index contributed by atoms with van der Waals surface area (Å²) in [6, 6.07) is 13.1.